The van der Waals surface area contributed by atoms with Crippen LogP contribution in [0, 0.1) is 62.2 Å². The Morgan fingerprint density at radius 1 is 0.605 bits per heavy atom. The Balaban J connectivity index is 0.000000766. The van der Waals surface area contributed by atoms with Gasteiger partial charge < -0.3 is 14.9 Å². The van der Waals surface area contributed by atoms with Crippen LogP contribution in [0.15, 0.2) is 60.7 Å². The fraction of sp³-hybridized carbons (Fsp3) is 0.600. The predicted octanol–water partition coefficient (Wildman–Crippen LogP) is 11.4. The van der Waals surface area contributed by atoms with Gasteiger partial charge in [-0.3, -0.25) is 0 Å². The molecule has 0 aliphatic heterocycles. The van der Waals surface area contributed by atoms with Crippen molar-refractivity contribution in [3.8, 4) is 0 Å². The zero-order chi connectivity index (χ0) is 25.1. The number of fused-ring (bicyclic) bond motifs is 2. The summed E-state index contributed by atoms with van der Waals surface area (Å²) in [6.45, 7) is 5.24. The number of halogens is 2. The zero-order valence-electron chi connectivity index (χ0n) is 24.2. The van der Waals surface area contributed by atoms with E-state index in [0.29, 0.717) is 0 Å². The summed E-state index contributed by atoms with van der Waals surface area (Å²) in [7, 11) is 9.87. The molecule has 0 saturated heterocycles. The van der Waals surface area contributed by atoms with Crippen LogP contribution in [-0.4, -0.2) is 0 Å². The second-order valence-electron chi connectivity index (χ2n) is 12.6. The summed E-state index contributed by atoms with van der Waals surface area (Å²) in [5, 5.41) is 0. The molecule has 0 amide bonds. The number of rotatable bonds is 4. The third-order valence-corrected chi connectivity index (χ3v) is 11.1. The molecule has 0 radical (unpaired) electrons. The van der Waals surface area contributed by atoms with Gasteiger partial charge in [0.25, 0.3) is 0 Å². The van der Waals surface area contributed by atoms with Gasteiger partial charge in [0, 0.05) is 0 Å². The topological polar surface area (TPSA) is 0 Å². The van der Waals surface area contributed by atoms with Gasteiger partial charge in [-0.15, -0.1) is 0 Å². The van der Waals surface area contributed by atoms with E-state index in [4.69, 9.17) is 17.0 Å². The quantitative estimate of drug-likeness (QED) is 0.294. The average Bonchev–Trinajstić information content (AvgIpc) is 3.41. The van der Waals surface area contributed by atoms with Crippen LogP contribution in [0.4, 0.5) is 0 Å². The van der Waals surface area contributed by atoms with Crippen LogP contribution in [0.5, 0.6) is 0 Å². The van der Waals surface area contributed by atoms with Gasteiger partial charge in [0.05, 0.1) is 0 Å². The van der Waals surface area contributed by atoms with Crippen LogP contribution in [0.2, 0.25) is 0 Å². The van der Waals surface area contributed by atoms with Gasteiger partial charge in [-0.25, -0.2) is 0 Å². The van der Waals surface area contributed by atoms with E-state index in [1.807, 2.05) is 0 Å². The fourth-order valence-electron chi connectivity index (χ4n) is 9.75. The third-order valence-electron chi connectivity index (χ3n) is 11.1. The van der Waals surface area contributed by atoms with Crippen molar-refractivity contribution in [1.29, 1.82) is 0 Å². The summed E-state index contributed by atoms with van der Waals surface area (Å²) in [6, 6.07) is 23.1. The minimum absolute atomic E-state index is 0. The Hall–Kier alpha value is -0.0969. The summed E-state index contributed by atoms with van der Waals surface area (Å²) < 4.78 is 0. The van der Waals surface area contributed by atoms with Crippen LogP contribution in [0.1, 0.15) is 94.6 Å². The summed E-state index contributed by atoms with van der Waals surface area (Å²) in [4.78, 5) is 0. The molecule has 0 spiro atoms. The molecule has 2 aromatic rings. The summed E-state index contributed by atoms with van der Waals surface area (Å²) >= 11 is -0.826. The molecule has 0 bridgehead atoms. The van der Waals surface area contributed by atoms with Crippen molar-refractivity contribution in [3.05, 3.63) is 86.6 Å². The minimum atomic E-state index is -0.826. The number of hydrogen-bond acceptors (Lipinski definition) is 0. The first kappa shape index (κ1) is 32.4. The van der Waals surface area contributed by atoms with Gasteiger partial charge in [0.1, 0.15) is 0 Å². The predicted molar refractivity (Wildman–Crippen MR) is 164 cm³/mol. The van der Waals surface area contributed by atoms with Crippen LogP contribution in [0.25, 0.3) is 0 Å². The van der Waals surface area contributed by atoms with E-state index >= 15 is 0 Å². The summed E-state index contributed by atoms with van der Waals surface area (Å²) in [5.74, 6) is 9.29. The van der Waals surface area contributed by atoms with Crippen molar-refractivity contribution in [2.24, 2.45) is 47.3 Å². The van der Waals surface area contributed by atoms with Crippen molar-refractivity contribution in [3.63, 3.8) is 0 Å². The molecule has 4 aliphatic carbocycles. The molecule has 3 heteroatoms. The summed E-state index contributed by atoms with van der Waals surface area (Å²) in [5.41, 5.74) is 3.26. The van der Waals surface area contributed by atoms with Crippen LogP contribution < -0.4 is 0 Å². The number of hydrogen-bond donors (Lipinski definition) is 0. The molecule has 6 rings (SSSR count). The Labute approximate surface area is 253 Å². The number of benzene rings is 2. The standard InChI is InChI=1S/C33H44.2CH3.2ClH.Zr/c1-22-19-32-26(24-11-5-3-6-12-24)15-9-17-28(32)30(22)21-31-23(2)20-33-27(16-10-18-29(31)33)25-13-7-4-8-14-25;;;;;/h3-8,11-14,22-23,26-33H,9-10,15-21H2,1-2H3;2*1H3;2*1H;/q;2*-1;;;+4/p-2. The Morgan fingerprint density at radius 3 is 1.34 bits per heavy atom. The van der Waals surface area contributed by atoms with Gasteiger partial charge >= 0.3 is 37.9 Å². The first-order valence-electron chi connectivity index (χ1n) is 14.7. The summed E-state index contributed by atoms with van der Waals surface area (Å²) in [6.07, 6.45) is 13.3. The van der Waals surface area contributed by atoms with Gasteiger partial charge in [0.2, 0.25) is 0 Å². The second kappa shape index (κ2) is 15.2. The van der Waals surface area contributed by atoms with Crippen molar-refractivity contribution < 1.29 is 20.8 Å². The maximum absolute atomic E-state index is 4.93. The molecular weight excluding hydrogens is 583 g/mol. The molecule has 0 nitrogen and oxygen atoms in total. The van der Waals surface area contributed by atoms with Gasteiger partial charge in [-0.05, 0) is 115 Å². The SMILES string of the molecule is CC1CC2C(c3ccccc3)CCCC2C1CC1C(C)CC2C(c3ccccc3)CCCC12.[CH3-].[CH3-].[Cl][Zr+2][Cl]. The Morgan fingerprint density at radius 2 is 0.974 bits per heavy atom. The van der Waals surface area contributed by atoms with Gasteiger partial charge in [-0.2, -0.15) is 0 Å². The second-order valence-corrected chi connectivity index (χ2v) is 16.3. The van der Waals surface area contributed by atoms with Gasteiger partial charge in [-0.1, -0.05) is 87.4 Å². The van der Waals surface area contributed by atoms with E-state index in [1.54, 1.807) is 11.1 Å². The molecule has 0 N–H and O–H groups in total. The molecule has 2 aromatic carbocycles. The van der Waals surface area contributed by atoms with E-state index in [2.05, 4.69) is 74.5 Å². The molecule has 10 unspecified atom stereocenters. The molecule has 4 aliphatic rings. The van der Waals surface area contributed by atoms with Crippen LogP contribution in [0.3, 0.4) is 0 Å². The molecule has 208 valence electrons. The van der Waals surface area contributed by atoms with Gasteiger partial charge in [0.15, 0.2) is 0 Å². The van der Waals surface area contributed by atoms with E-state index in [0.717, 1.165) is 59.2 Å². The van der Waals surface area contributed by atoms with E-state index in [1.165, 1.54) is 57.8 Å². The molecule has 4 fully saturated rings. The van der Waals surface area contributed by atoms with Crippen molar-refractivity contribution in [1.82, 2.24) is 0 Å². The van der Waals surface area contributed by atoms with Crippen LogP contribution >= 0.6 is 17.0 Å². The Kier molecular flexibility index (Phi) is 13.0. The Bertz CT molecular complexity index is 858. The molecule has 0 aromatic heterocycles. The molecule has 0 heterocycles. The van der Waals surface area contributed by atoms with E-state index in [-0.39, 0.29) is 14.9 Å². The first-order valence-corrected chi connectivity index (χ1v) is 21.0. The fourth-order valence-corrected chi connectivity index (χ4v) is 9.75. The van der Waals surface area contributed by atoms with E-state index < -0.39 is 20.8 Å². The first-order chi connectivity index (χ1) is 17.6. The van der Waals surface area contributed by atoms with E-state index in [9.17, 15) is 0 Å². The molecule has 4 saturated carbocycles. The third kappa shape index (κ3) is 6.85. The zero-order valence-corrected chi connectivity index (χ0v) is 28.1. The molecule has 38 heavy (non-hydrogen) atoms. The average molecular weight is 633 g/mol. The monoisotopic (exact) mass is 630 g/mol. The molecule has 10 atom stereocenters. The molecular formula is C35H50Cl2Zr. The van der Waals surface area contributed by atoms with Crippen molar-refractivity contribution >= 4 is 17.0 Å². The normalized spacial score (nSPS) is 37.3. The van der Waals surface area contributed by atoms with Crippen molar-refractivity contribution in [2.75, 3.05) is 0 Å². The van der Waals surface area contributed by atoms with Crippen LogP contribution in [-0.2, 0) is 20.8 Å². The maximum atomic E-state index is 4.93. The van der Waals surface area contributed by atoms with Crippen molar-refractivity contribution in [2.45, 2.75) is 83.5 Å².